The molecule has 0 radical (unpaired) electrons. The fourth-order valence-electron chi connectivity index (χ4n) is 2.70. The van der Waals surface area contributed by atoms with Crippen LogP contribution in [0, 0.1) is 6.92 Å². The average Bonchev–Trinajstić information content (AvgIpc) is 3.23. The van der Waals surface area contributed by atoms with Crippen molar-refractivity contribution in [3.8, 4) is 0 Å². The summed E-state index contributed by atoms with van der Waals surface area (Å²) in [5.41, 5.74) is 2.32. The number of anilines is 1. The van der Waals surface area contributed by atoms with Crippen LogP contribution in [-0.4, -0.2) is 31.6 Å². The summed E-state index contributed by atoms with van der Waals surface area (Å²) in [6.45, 7) is 8.07. The van der Waals surface area contributed by atoms with Crippen LogP contribution in [0.4, 0.5) is 6.01 Å². The molecule has 0 aliphatic rings. The van der Waals surface area contributed by atoms with Gasteiger partial charge in [0, 0.05) is 16.6 Å². The molecule has 1 amide bonds. The van der Waals surface area contributed by atoms with E-state index in [0.717, 1.165) is 17.0 Å². The molecule has 7 nitrogen and oxygen atoms in total. The van der Waals surface area contributed by atoms with Crippen LogP contribution >= 0.6 is 11.8 Å². The Morgan fingerprint density at radius 3 is 2.63 bits per heavy atom. The lowest BCUT2D eigenvalue weighted by Crippen LogP contribution is -2.14. The zero-order valence-corrected chi connectivity index (χ0v) is 16.7. The van der Waals surface area contributed by atoms with E-state index in [1.54, 1.807) is 22.5 Å². The van der Waals surface area contributed by atoms with Crippen molar-refractivity contribution in [2.75, 3.05) is 11.1 Å². The highest BCUT2D eigenvalue weighted by molar-refractivity contribution is 7.99. The zero-order chi connectivity index (χ0) is 19.4. The van der Waals surface area contributed by atoms with Crippen LogP contribution < -0.4 is 5.32 Å². The summed E-state index contributed by atoms with van der Waals surface area (Å²) in [6, 6.07) is 10.2. The van der Waals surface area contributed by atoms with Crippen molar-refractivity contribution in [3.63, 3.8) is 0 Å². The molecule has 0 aliphatic carbocycles. The Hall–Kier alpha value is -2.61. The van der Waals surface area contributed by atoms with Gasteiger partial charge >= 0.3 is 6.01 Å². The molecule has 2 heterocycles. The molecular formula is C19H23N5O2S. The van der Waals surface area contributed by atoms with Gasteiger partial charge < -0.3 is 4.42 Å². The monoisotopic (exact) mass is 385 g/mol. The molecule has 0 fully saturated rings. The van der Waals surface area contributed by atoms with E-state index in [9.17, 15) is 4.79 Å². The molecule has 1 N–H and O–H groups in total. The highest BCUT2D eigenvalue weighted by atomic mass is 32.2. The first kappa shape index (κ1) is 19.2. The van der Waals surface area contributed by atoms with Gasteiger partial charge in [-0.05, 0) is 50.3 Å². The predicted octanol–water partition coefficient (Wildman–Crippen LogP) is 4.11. The Kier molecular flexibility index (Phi) is 5.95. The summed E-state index contributed by atoms with van der Waals surface area (Å²) in [5.74, 6) is 1.12. The number of carbonyl (C=O) groups excluding carboxylic acids is 1. The SMILES string of the molecule is CCSc1ccc(Cc2nnc(NC(=O)c3cc(C)n(C(C)C)n3)o2)cc1. The summed E-state index contributed by atoms with van der Waals surface area (Å²) < 4.78 is 7.35. The lowest BCUT2D eigenvalue weighted by Gasteiger charge is -2.06. The predicted molar refractivity (Wildman–Crippen MR) is 105 cm³/mol. The molecule has 3 rings (SSSR count). The number of aryl methyl sites for hydroxylation is 1. The number of benzene rings is 1. The molecule has 0 saturated carbocycles. The van der Waals surface area contributed by atoms with Crippen molar-refractivity contribution in [3.05, 3.63) is 53.2 Å². The van der Waals surface area contributed by atoms with E-state index >= 15 is 0 Å². The number of thioether (sulfide) groups is 1. The minimum atomic E-state index is -0.367. The first-order chi connectivity index (χ1) is 13.0. The summed E-state index contributed by atoms with van der Waals surface area (Å²) in [7, 11) is 0. The van der Waals surface area contributed by atoms with E-state index in [0.29, 0.717) is 18.0 Å². The van der Waals surface area contributed by atoms with E-state index in [2.05, 4.69) is 39.7 Å². The van der Waals surface area contributed by atoms with E-state index in [1.165, 1.54) is 4.90 Å². The Balaban J connectivity index is 1.63. The summed E-state index contributed by atoms with van der Waals surface area (Å²) in [6.07, 6.45) is 0.515. The van der Waals surface area contributed by atoms with Gasteiger partial charge in [-0.25, -0.2) is 0 Å². The minimum Gasteiger partial charge on any atom is -0.407 e. The normalized spacial score (nSPS) is 11.1. The molecule has 0 spiro atoms. The molecule has 1 aromatic carbocycles. The van der Waals surface area contributed by atoms with E-state index in [1.807, 2.05) is 32.9 Å². The maximum Gasteiger partial charge on any atom is 0.322 e. The molecular weight excluding hydrogens is 362 g/mol. The molecule has 0 atom stereocenters. The Labute approximate surface area is 162 Å². The van der Waals surface area contributed by atoms with Gasteiger partial charge in [0.05, 0.1) is 6.42 Å². The van der Waals surface area contributed by atoms with Gasteiger partial charge in [-0.2, -0.15) is 5.10 Å². The van der Waals surface area contributed by atoms with Crippen LogP contribution in [0.5, 0.6) is 0 Å². The number of rotatable bonds is 7. The maximum absolute atomic E-state index is 12.4. The van der Waals surface area contributed by atoms with Crippen molar-refractivity contribution >= 4 is 23.7 Å². The number of hydrogen-bond donors (Lipinski definition) is 1. The van der Waals surface area contributed by atoms with E-state index < -0.39 is 0 Å². The Bertz CT molecular complexity index is 915. The van der Waals surface area contributed by atoms with Gasteiger partial charge in [-0.3, -0.25) is 14.8 Å². The van der Waals surface area contributed by atoms with Crippen molar-refractivity contribution in [2.45, 2.75) is 45.1 Å². The second-order valence-corrected chi connectivity index (χ2v) is 7.76. The van der Waals surface area contributed by atoms with Gasteiger partial charge in [0.1, 0.15) is 0 Å². The number of aromatic nitrogens is 4. The topological polar surface area (TPSA) is 85.8 Å². The number of nitrogens with one attached hydrogen (secondary N) is 1. The fraction of sp³-hybridized carbons (Fsp3) is 0.368. The zero-order valence-electron chi connectivity index (χ0n) is 15.9. The second kappa shape index (κ2) is 8.39. The van der Waals surface area contributed by atoms with E-state index in [4.69, 9.17) is 4.42 Å². The molecule has 8 heteroatoms. The van der Waals surface area contributed by atoms with Gasteiger partial charge in [0.15, 0.2) is 5.69 Å². The first-order valence-electron chi connectivity index (χ1n) is 8.88. The summed E-state index contributed by atoms with van der Waals surface area (Å²) >= 11 is 1.80. The smallest absolute Gasteiger partial charge is 0.322 e. The third-order valence-corrected chi connectivity index (χ3v) is 4.82. The molecule has 27 heavy (non-hydrogen) atoms. The molecule has 0 aliphatic heterocycles. The third-order valence-electron chi connectivity index (χ3n) is 3.92. The van der Waals surface area contributed by atoms with Crippen molar-refractivity contribution < 1.29 is 9.21 Å². The van der Waals surface area contributed by atoms with Crippen LogP contribution in [0.3, 0.4) is 0 Å². The van der Waals surface area contributed by atoms with Gasteiger partial charge in [0.2, 0.25) is 5.89 Å². The van der Waals surface area contributed by atoms with Crippen LogP contribution in [0.15, 0.2) is 39.6 Å². The third kappa shape index (κ3) is 4.77. The number of nitrogens with zero attached hydrogens (tertiary/aromatic N) is 4. The van der Waals surface area contributed by atoms with Gasteiger partial charge in [0.25, 0.3) is 5.91 Å². The first-order valence-corrected chi connectivity index (χ1v) is 9.86. The Morgan fingerprint density at radius 1 is 1.26 bits per heavy atom. The van der Waals surface area contributed by atoms with Gasteiger partial charge in [-0.15, -0.1) is 16.9 Å². The van der Waals surface area contributed by atoms with Crippen LogP contribution in [0.2, 0.25) is 0 Å². The molecule has 0 saturated heterocycles. The van der Waals surface area contributed by atoms with Crippen LogP contribution in [0.25, 0.3) is 0 Å². The standard InChI is InChI=1S/C19H23N5O2S/c1-5-27-15-8-6-14(7-9-15)11-17-21-22-19(26-17)20-18(25)16-10-13(4)24(23-16)12(2)3/h6-10,12H,5,11H2,1-4H3,(H,20,22,25). The lowest BCUT2D eigenvalue weighted by molar-refractivity contribution is 0.101. The summed E-state index contributed by atoms with van der Waals surface area (Å²) in [4.78, 5) is 13.6. The van der Waals surface area contributed by atoms with Crippen LogP contribution in [-0.2, 0) is 6.42 Å². The number of carbonyl (C=O) groups is 1. The molecule has 2 aromatic heterocycles. The molecule has 0 bridgehead atoms. The molecule has 3 aromatic rings. The second-order valence-electron chi connectivity index (χ2n) is 6.42. The largest absolute Gasteiger partial charge is 0.407 e. The molecule has 142 valence electrons. The summed E-state index contributed by atoms with van der Waals surface area (Å²) in [5, 5.41) is 14.8. The lowest BCUT2D eigenvalue weighted by atomic mass is 10.1. The molecule has 0 unspecified atom stereocenters. The van der Waals surface area contributed by atoms with Crippen LogP contribution in [0.1, 0.15) is 54.4 Å². The van der Waals surface area contributed by atoms with Crippen molar-refractivity contribution in [1.29, 1.82) is 0 Å². The highest BCUT2D eigenvalue weighted by Crippen LogP contribution is 2.19. The van der Waals surface area contributed by atoms with Crippen molar-refractivity contribution in [2.24, 2.45) is 0 Å². The quantitative estimate of drug-likeness (QED) is 0.616. The minimum absolute atomic E-state index is 0.0740. The Morgan fingerprint density at radius 2 is 2.00 bits per heavy atom. The van der Waals surface area contributed by atoms with Gasteiger partial charge in [-0.1, -0.05) is 24.2 Å². The highest BCUT2D eigenvalue weighted by Gasteiger charge is 2.17. The van der Waals surface area contributed by atoms with Crippen molar-refractivity contribution in [1.82, 2.24) is 20.0 Å². The fourth-order valence-corrected chi connectivity index (χ4v) is 3.36. The number of amides is 1. The van der Waals surface area contributed by atoms with E-state index in [-0.39, 0.29) is 18.0 Å². The average molecular weight is 385 g/mol. The maximum atomic E-state index is 12.4. The number of hydrogen-bond acceptors (Lipinski definition) is 6.